The summed E-state index contributed by atoms with van der Waals surface area (Å²) in [7, 11) is 0. The van der Waals surface area contributed by atoms with Crippen LogP contribution in [0.25, 0.3) is 0 Å². The topological polar surface area (TPSA) is 0 Å². The van der Waals surface area contributed by atoms with Crippen LogP contribution in [0, 0.1) is 0 Å². The summed E-state index contributed by atoms with van der Waals surface area (Å²) in [4.78, 5) is 0. The number of halogens is 8. The van der Waals surface area contributed by atoms with Gasteiger partial charge in [-0.1, -0.05) is 69.6 Å². The smallest absolute Gasteiger partial charge is 0.216 e. The maximum atomic E-state index is 13.4. The lowest BCUT2D eigenvalue weighted by Crippen LogP contribution is -2.45. The first-order chi connectivity index (χ1) is 5.57. The second-order valence-corrected chi connectivity index (χ2v) is 5.48. The van der Waals surface area contributed by atoms with Gasteiger partial charge in [0.2, 0.25) is 4.33 Å². The molecule has 0 amide bonds. The van der Waals surface area contributed by atoms with Crippen LogP contribution in [0.2, 0.25) is 0 Å². The molecule has 0 aliphatic heterocycles. The van der Waals surface area contributed by atoms with Crippen LogP contribution < -0.4 is 0 Å². The lowest BCUT2D eigenvalue weighted by Gasteiger charge is -2.29. The number of allylic oxidation sites excluding steroid dienone is 2. The van der Waals surface area contributed by atoms with Gasteiger partial charge in [-0.2, -0.15) is 0 Å². The molecule has 0 radical (unpaired) electrons. The molecule has 0 nitrogen and oxygen atoms in total. The highest BCUT2D eigenvalue weighted by Gasteiger charge is 2.72. The maximum Gasteiger partial charge on any atom is 0.258 e. The van der Waals surface area contributed by atoms with E-state index in [1.165, 1.54) is 0 Å². The molecule has 2 unspecified atom stereocenters. The van der Waals surface area contributed by atoms with E-state index in [0.29, 0.717) is 0 Å². The van der Waals surface area contributed by atoms with E-state index in [-0.39, 0.29) is 0 Å². The molecule has 0 fully saturated rings. The van der Waals surface area contributed by atoms with Crippen LogP contribution in [0.15, 0.2) is 10.1 Å². The van der Waals surface area contributed by atoms with Gasteiger partial charge >= 0.3 is 0 Å². The van der Waals surface area contributed by atoms with Crippen LogP contribution in [-0.4, -0.2) is 14.6 Å². The number of hydrogen-bond acceptors (Lipinski definition) is 0. The van der Waals surface area contributed by atoms with Crippen LogP contribution in [0.5, 0.6) is 0 Å². The number of rotatable bonds is 0. The molecule has 0 bridgehead atoms. The molecule has 1 aliphatic rings. The van der Waals surface area contributed by atoms with Gasteiger partial charge in [0, 0.05) is 0 Å². The first kappa shape index (κ1) is 12.4. The van der Waals surface area contributed by atoms with Gasteiger partial charge in [-0.15, -0.1) is 0 Å². The zero-order valence-corrected chi connectivity index (χ0v) is 10.1. The molecule has 1 rings (SSSR count). The van der Waals surface area contributed by atoms with Crippen LogP contribution in [0.1, 0.15) is 0 Å². The van der Waals surface area contributed by atoms with Crippen molar-refractivity contribution in [2.45, 2.75) is 14.6 Å². The molecule has 0 spiro atoms. The van der Waals surface area contributed by atoms with Gasteiger partial charge in [-0.05, 0) is 0 Å². The molecule has 1 aliphatic carbocycles. The summed E-state index contributed by atoms with van der Waals surface area (Å²) in [6.07, 6.45) is 0. The highest BCUT2D eigenvalue weighted by Crippen LogP contribution is 2.65. The molecule has 76 valence electrons. The van der Waals surface area contributed by atoms with Crippen LogP contribution in [0.4, 0.5) is 8.78 Å². The number of hydrogen-bond donors (Lipinski definition) is 0. The van der Waals surface area contributed by atoms with Gasteiger partial charge in [0.25, 0.3) is 10.3 Å². The molecule has 0 aromatic carbocycles. The van der Waals surface area contributed by atoms with E-state index in [4.69, 9.17) is 69.6 Å². The predicted molar refractivity (Wildman–Crippen MR) is 52.6 cm³/mol. The van der Waals surface area contributed by atoms with E-state index in [1.807, 2.05) is 0 Å². The van der Waals surface area contributed by atoms with Gasteiger partial charge in [-0.3, -0.25) is 0 Å². The molecular weight excluding hydrogens is 311 g/mol. The Bertz CT molecular complexity index is 255. The lowest BCUT2D eigenvalue weighted by atomic mass is 10.3. The minimum Gasteiger partial charge on any atom is -0.216 e. The summed E-state index contributed by atoms with van der Waals surface area (Å²) < 4.78 is 24.1. The van der Waals surface area contributed by atoms with Crippen molar-refractivity contribution in [2.24, 2.45) is 0 Å². The van der Waals surface area contributed by atoms with E-state index in [9.17, 15) is 8.78 Å². The van der Waals surface area contributed by atoms with Crippen LogP contribution >= 0.6 is 69.6 Å². The average Bonchev–Trinajstić information content (AvgIpc) is 2.05. The molecule has 0 saturated carbocycles. The summed E-state index contributed by atoms with van der Waals surface area (Å²) in [5, 5.41) is -7.77. The zero-order chi connectivity index (χ0) is 10.7. The van der Waals surface area contributed by atoms with Crippen molar-refractivity contribution >= 4 is 69.6 Å². The minimum absolute atomic E-state index is 0.849. The largest absolute Gasteiger partial charge is 0.258 e. The van der Waals surface area contributed by atoms with Crippen molar-refractivity contribution in [3.05, 3.63) is 10.1 Å². The quantitative estimate of drug-likeness (QED) is 0.570. The van der Waals surface area contributed by atoms with Crippen molar-refractivity contribution in [1.82, 2.24) is 0 Å². The Hall–Kier alpha value is 1.34. The van der Waals surface area contributed by atoms with Crippen molar-refractivity contribution in [3.63, 3.8) is 0 Å². The summed E-state index contributed by atoms with van der Waals surface area (Å²) in [5.41, 5.74) is 0. The molecule has 0 N–H and O–H groups in total. The minimum atomic E-state index is -3.04. The third-order valence-electron chi connectivity index (χ3n) is 1.53. The molecule has 0 heterocycles. The second-order valence-electron chi connectivity index (χ2n) is 2.35. The van der Waals surface area contributed by atoms with Crippen molar-refractivity contribution in [1.29, 1.82) is 0 Å². The average molecular weight is 311 g/mol. The van der Waals surface area contributed by atoms with E-state index in [1.54, 1.807) is 0 Å². The third kappa shape index (κ3) is 1.37. The zero-order valence-electron chi connectivity index (χ0n) is 5.52. The lowest BCUT2D eigenvalue weighted by molar-refractivity contribution is 0.228. The van der Waals surface area contributed by atoms with Crippen LogP contribution in [-0.2, 0) is 0 Å². The molecule has 0 saturated heterocycles. The Morgan fingerprint density at radius 3 is 1.08 bits per heavy atom. The Kier molecular flexibility index (Phi) is 3.02. The van der Waals surface area contributed by atoms with Crippen LogP contribution in [0.3, 0.4) is 0 Å². The molecule has 0 aromatic heterocycles. The van der Waals surface area contributed by atoms with Gasteiger partial charge < -0.3 is 0 Å². The Morgan fingerprint density at radius 2 is 1.00 bits per heavy atom. The van der Waals surface area contributed by atoms with E-state index < -0.39 is 24.7 Å². The van der Waals surface area contributed by atoms with Gasteiger partial charge in [0.1, 0.15) is 0 Å². The molecule has 13 heavy (non-hydrogen) atoms. The van der Waals surface area contributed by atoms with Crippen molar-refractivity contribution in [3.8, 4) is 0 Å². The van der Waals surface area contributed by atoms with Gasteiger partial charge in [0.15, 0.2) is 0 Å². The fourth-order valence-electron chi connectivity index (χ4n) is 0.749. The second kappa shape index (κ2) is 3.16. The molecular formula is C5Cl6F2. The Balaban J connectivity index is 3.39. The third-order valence-corrected chi connectivity index (χ3v) is 5.10. The highest BCUT2D eigenvalue weighted by molar-refractivity contribution is 6.63. The fraction of sp³-hybridized carbons (Fsp3) is 0.600. The van der Waals surface area contributed by atoms with E-state index >= 15 is 0 Å². The molecule has 8 heteroatoms. The summed E-state index contributed by atoms with van der Waals surface area (Å²) in [5.74, 6) is 0. The van der Waals surface area contributed by atoms with Gasteiger partial charge in [-0.25, -0.2) is 8.78 Å². The monoisotopic (exact) mass is 308 g/mol. The van der Waals surface area contributed by atoms with E-state index in [2.05, 4.69) is 0 Å². The Morgan fingerprint density at radius 1 is 0.769 bits per heavy atom. The first-order valence-electron chi connectivity index (χ1n) is 2.76. The predicted octanol–water partition coefficient (Wildman–Crippen LogP) is 4.67. The molecule has 2 atom stereocenters. The normalized spacial score (nSPS) is 44.3. The van der Waals surface area contributed by atoms with Crippen molar-refractivity contribution in [2.75, 3.05) is 0 Å². The SMILES string of the molecule is FC1(Cl)C(Cl)=C(Cl)C(F)(Cl)C1(Cl)Cl. The van der Waals surface area contributed by atoms with Gasteiger partial charge in [0.05, 0.1) is 10.1 Å². The first-order valence-corrected chi connectivity index (χ1v) is 5.03. The van der Waals surface area contributed by atoms with E-state index in [0.717, 1.165) is 0 Å². The summed E-state index contributed by atoms with van der Waals surface area (Å²) in [6.45, 7) is 0. The maximum absolute atomic E-state index is 13.4. The standard InChI is InChI=1S/C5Cl6F2/c6-1-2(7)4(9,13)5(10,11)3(1,8)12. The highest BCUT2D eigenvalue weighted by atomic mass is 35.5. The fourth-order valence-corrected chi connectivity index (χ4v) is 2.46. The molecule has 0 aromatic rings. The Labute approximate surface area is 103 Å². The number of alkyl halides is 6. The summed E-state index contributed by atoms with van der Waals surface area (Å²) >= 11 is 31.4. The summed E-state index contributed by atoms with van der Waals surface area (Å²) in [6, 6.07) is 0. The van der Waals surface area contributed by atoms with Crippen molar-refractivity contribution < 1.29 is 8.78 Å².